The summed E-state index contributed by atoms with van der Waals surface area (Å²) in [5.41, 5.74) is 4.33. The van der Waals surface area contributed by atoms with E-state index in [1.165, 1.54) is 5.56 Å². The van der Waals surface area contributed by atoms with Crippen molar-refractivity contribution in [1.29, 1.82) is 0 Å². The van der Waals surface area contributed by atoms with Crippen LogP contribution in [0.5, 0.6) is 0 Å². The molecule has 0 fully saturated rings. The van der Waals surface area contributed by atoms with Gasteiger partial charge in [0.25, 0.3) is 5.91 Å². The molecule has 1 atom stereocenters. The lowest BCUT2D eigenvalue weighted by Gasteiger charge is -2.16. The smallest absolute Gasteiger partial charge is 0.338 e. The summed E-state index contributed by atoms with van der Waals surface area (Å²) >= 11 is 0. The first-order chi connectivity index (χ1) is 12.3. The molecule has 4 heteroatoms. The number of benzene rings is 2. The number of amides is 1. The Bertz CT molecular complexity index is 758. The number of carbonyl (C=O) groups excluding carboxylic acids is 2. The van der Waals surface area contributed by atoms with Gasteiger partial charge in [0.1, 0.15) is 0 Å². The molecule has 26 heavy (non-hydrogen) atoms. The molecule has 0 aliphatic rings. The maximum atomic E-state index is 12.4. The van der Waals surface area contributed by atoms with Crippen LogP contribution >= 0.6 is 0 Å². The van der Waals surface area contributed by atoms with Gasteiger partial charge in [-0.2, -0.15) is 0 Å². The molecule has 2 aromatic carbocycles. The van der Waals surface area contributed by atoms with Crippen LogP contribution in [0, 0.1) is 19.8 Å². The summed E-state index contributed by atoms with van der Waals surface area (Å²) < 4.78 is 5.32. The summed E-state index contributed by atoms with van der Waals surface area (Å²) in [7, 11) is 0. The highest BCUT2D eigenvalue weighted by Gasteiger charge is 2.20. The first kappa shape index (κ1) is 19.7. The highest BCUT2D eigenvalue weighted by atomic mass is 16.5. The van der Waals surface area contributed by atoms with E-state index in [2.05, 4.69) is 19.2 Å². The van der Waals surface area contributed by atoms with E-state index in [4.69, 9.17) is 4.74 Å². The van der Waals surface area contributed by atoms with Crippen LogP contribution in [0.1, 0.15) is 47.8 Å². The van der Waals surface area contributed by atoms with E-state index in [0.29, 0.717) is 11.5 Å². The summed E-state index contributed by atoms with van der Waals surface area (Å²) in [6.45, 7) is 9.74. The SMILES string of the molecule is Cc1cccc(C)c1NC(=O)[C@H](C)OC(=O)c1ccc(CC(C)C)cc1. The number of carbonyl (C=O) groups is 2. The molecule has 0 aliphatic heterocycles. The third-order valence-corrected chi connectivity index (χ3v) is 4.22. The van der Waals surface area contributed by atoms with Gasteiger partial charge in [-0.25, -0.2) is 4.79 Å². The molecule has 138 valence electrons. The molecule has 0 spiro atoms. The van der Waals surface area contributed by atoms with Gasteiger partial charge < -0.3 is 10.1 Å². The zero-order valence-corrected chi connectivity index (χ0v) is 16.1. The molecular weight excluding hydrogens is 326 g/mol. The number of nitrogens with one attached hydrogen (secondary N) is 1. The van der Waals surface area contributed by atoms with Gasteiger partial charge in [-0.15, -0.1) is 0 Å². The second-order valence-electron chi connectivity index (χ2n) is 7.10. The summed E-state index contributed by atoms with van der Waals surface area (Å²) in [5.74, 6) is -0.279. The fourth-order valence-electron chi connectivity index (χ4n) is 2.77. The van der Waals surface area contributed by atoms with Crippen molar-refractivity contribution < 1.29 is 14.3 Å². The standard InChI is InChI=1S/C22H27NO3/c1-14(2)13-18-9-11-19(12-10-18)22(25)26-17(5)21(24)23-20-15(3)7-6-8-16(20)4/h6-12,14,17H,13H2,1-5H3,(H,23,24)/t17-/m0/s1. The maximum absolute atomic E-state index is 12.4. The largest absolute Gasteiger partial charge is 0.449 e. The van der Waals surface area contributed by atoms with E-state index in [9.17, 15) is 9.59 Å². The van der Waals surface area contributed by atoms with Gasteiger partial charge in [-0.3, -0.25) is 4.79 Å². The number of hydrogen-bond acceptors (Lipinski definition) is 3. The molecule has 2 aromatic rings. The monoisotopic (exact) mass is 353 g/mol. The van der Waals surface area contributed by atoms with Crippen molar-refractivity contribution in [3.63, 3.8) is 0 Å². The molecule has 0 saturated carbocycles. The van der Waals surface area contributed by atoms with Gasteiger partial charge in [0, 0.05) is 5.69 Å². The second-order valence-corrected chi connectivity index (χ2v) is 7.10. The lowest BCUT2D eigenvalue weighted by molar-refractivity contribution is -0.123. The van der Waals surface area contributed by atoms with Gasteiger partial charge >= 0.3 is 5.97 Å². The minimum atomic E-state index is -0.878. The number of ether oxygens (including phenoxy) is 1. The predicted octanol–water partition coefficient (Wildman–Crippen LogP) is 4.69. The molecule has 0 aliphatic carbocycles. The Hall–Kier alpha value is -2.62. The first-order valence-corrected chi connectivity index (χ1v) is 8.95. The Morgan fingerprint density at radius 3 is 2.08 bits per heavy atom. The fourth-order valence-corrected chi connectivity index (χ4v) is 2.77. The first-order valence-electron chi connectivity index (χ1n) is 8.95. The Morgan fingerprint density at radius 1 is 0.962 bits per heavy atom. The molecule has 4 nitrogen and oxygen atoms in total. The van der Waals surface area contributed by atoms with Crippen LogP contribution in [0.4, 0.5) is 5.69 Å². The van der Waals surface area contributed by atoms with Crippen molar-refractivity contribution in [2.24, 2.45) is 5.92 Å². The summed E-state index contributed by atoms with van der Waals surface area (Å²) in [5, 5.41) is 2.85. The fraction of sp³-hybridized carbons (Fsp3) is 0.364. The Morgan fingerprint density at radius 2 is 1.54 bits per heavy atom. The number of para-hydroxylation sites is 1. The van der Waals surface area contributed by atoms with Crippen LogP contribution in [-0.2, 0) is 16.0 Å². The third kappa shape index (κ3) is 5.19. The van der Waals surface area contributed by atoms with Crippen LogP contribution in [0.15, 0.2) is 42.5 Å². The van der Waals surface area contributed by atoms with E-state index in [1.807, 2.05) is 44.2 Å². The average molecular weight is 353 g/mol. The van der Waals surface area contributed by atoms with Gasteiger partial charge in [0.05, 0.1) is 5.56 Å². The van der Waals surface area contributed by atoms with Gasteiger partial charge in [0.2, 0.25) is 0 Å². The second kappa shape index (κ2) is 8.65. The number of esters is 1. The lowest BCUT2D eigenvalue weighted by Crippen LogP contribution is -2.30. The van der Waals surface area contributed by atoms with Crippen LogP contribution in [0.3, 0.4) is 0 Å². The molecular formula is C22H27NO3. The van der Waals surface area contributed by atoms with Gasteiger partial charge in [-0.05, 0) is 61.9 Å². The number of aryl methyl sites for hydroxylation is 2. The highest BCUT2D eigenvalue weighted by molar-refractivity contribution is 5.98. The predicted molar refractivity (Wildman–Crippen MR) is 104 cm³/mol. The zero-order chi connectivity index (χ0) is 19.3. The van der Waals surface area contributed by atoms with Gasteiger partial charge in [0.15, 0.2) is 6.10 Å². The molecule has 0 radical (unpaired) electrons. The van der Waals surface area contributed by atoms with E-state index in [-0.39, 0.29) is 5.91 Å². The van der Waals surface area contributed by atoms with Gasteiger partial charge in [-0.1, -0.05) is 44.2 Å². The van der Waals surface area contributed by atoms with E-state index < -0.39 is 12.1 Å². The summed E-state index contributed by atoms with van der Waals surface area (Å²) in [6, 6.07) is 13.1. The van der Waals surface area contributed by atoms with E-state index in [1.54, 1.807) is 19.1 Å². The van der Waals surface area contributed by atoms with Crippen LogP contribution in [0.2, 0.25) is 0 Å². The molecule has 0 aromatic heterocycles. The average Bonchev–Trinajstić information content (AvgIpc) is 2.58. The molecule has 1 amide bonds. The quantitative estimate of drug-likeness (QED) is 0.767. The molecule has 0 heterocycles. The van der Waals surface area contributed by atoms with Crippen LogP contribution < -0.4 is 5.32 Å². The van der Waals surface area contributed by atoms with Crippen LogP contribution in [0.25, 0.3) is 0 Å². The Balaban J connectivity index is 1.98. The van der Waals surface area contributed by atoms with Crippen molar-refractivity contribution in [2.45, 2.75) is 47.1 Å². The third-order valence-electron chi connectivity index (χ3n) is 4.22. The molecule has 0 unspecified atom stereocenters. The summed E-state index contributed by atoms with van der Waals surface area (Å²) in [6.07, 6.45) is 0.0843. The maximum Gasteiger partial charge on any atom is 0.338 e. The number of rotatable bonds is 6. The van der Waals surface area contributed by atoms with Crippen molar-refractivity contribution >= 4 is 17.6 Å². The summed E-state index contributed by atoms with van der Waals surface area (Å²) in [4.78, 5) is 24.6. The number of anilines is 1. The molecule has 0 bridgehead atoms. The normalized spacial score (nSPS) is 11.9. The van der Waals surface area contributed by atoms with Crippen molar-refractivity contribution in [3.8, 4) is 0 Å². The Labute approximate surface area is 155 Å². The van der Waals surface area contributed by atoms with E-state index in [0.717, 1.165) is 23.2 Å². The Kier molecular flexibility index (Phi) is 6.56. The molecule has 2 rings (SSSR count). The molecule has 1 N–H and O–H groups in total. The minimum Gasteiger partial charge on any atom is -0.449 e. The minimum absolute atomic E-state index is 0.341. The topological polar surface area (TPSA) is 55.4 Å². The van der Waals surface area contributed by atoms with E-state index >= 15 is 0 Å². The number of hydrogen-bond donors (Lipinski definition) is 1. The van der Waals surface area contributed by atoms with Crippen molar-refractivity contribution in [2.75, 3.05) is 5.32 Å². The van der Waals surface area contributed by atoms with Crippen LogP contribution in [-0.4, -0.2) is 18.0 Å². The highest BCUT2D eigenvalue weighted by Crippen LogP contribution is 2.20. The van der Waals surface area contributed by atoms with Crippen molar-refractivity contribution in [3.05, 3.63) is 64.7 Å². The zero-order valence-electron chi connectivity index (χ0n) is 16.1. The van der Waals surface area contributed by atoms with Crippen molar-refractivity contribution in [1.82, 2.24) is 0 Å². The lowest BCUT2D eigenvalue weighted by atomic mass is 10.0. The molecule has 0 saturated heterocycles.